The van der Waals surface area contributed by atoms with E-state index in [4.69, 9.17) is 5.26 Å². The largest absolute Gasteiger partial charge is 0.451 e. The van der Waals surface area contributed by atoms with Crippen LogP contribution in [0.1, 0.15) is 60.5 Å². The van der Waals surface area contributed by atoms with E-state index in [1.54, 1.807) is 12.4 Å². The lowest BCUT2D eigenvalue weighted by atomic mass is 9.77. The average Bonchev–Trinajstić information content (AvgIpc) is 3.68. The molecule has 1 atom stereocenters. The Morgan fingerprint density at radius 2 is 1.98 bits per heavy atom. The average molecular weight is 609 g/mol. The molecule has 1 aliphatic heterocycles. The van der Waals surface area contributed by atoms with Crippen LogP contribution in [0.15, 0.2) is 37.1 Å². The Hall–Kier alpha value is -4.42. The van der Waals surface area contributed by atoms with Crippen LogP contribution in [0.2, 0.25) is 0 Å². The van der Waals surface area contributed by atoms with E-state index in [9.17, 15) is 23.1 Å². The number of rotatable bonds is 9. The fourth-order valence-electron chi connectivity index (χ4n) is 5.85. The van der Waals surface area contributed by atoms with Gasteiger partial charge in [-0.15, -0.1) is 0 Å². The Bertz CT molecular complexity index is 1680. The molecular formula is C29H31F3N10O2. The lowest BCUT2D eigenvalue weighted by Gasteiger charge is -2.39. The molecule has 1 saturated heterocycles. The van der Waals surface area contributed by atoms with Crippen LogP contribution in [0.4, 0.5) is 13.2 Å². The fraction of sp³-hybridized carbons (Fsp3) is 0.483. The molecule has 4 aromatic heterocycles. The molecule has 0 bridgehead atoms. The molecule has 15 heteroatoms. The molecule has 2 aliphatic rings. The predicted octanol–water partition coefficient (Wildman–Crippen LogP) is 3.52. The van der Waals surface area contributed by atoms with E-state index >= 15 is 0 Å². The zero-order chi connectivity index (χ0) is 30.9. The van der Waals surface area contributed by atoms with Crippen molar-refractivity contribution in [1.29, 1.82) is 5.26 Å². The van der Waals surface area contributed by atoms with Gasteiger partial charge in [-0.2, -0.15) is 23.5 Å². The molecule has 44 heavy (non-hydrogen) atoms. The summed E-state index contributed by atoms with van der Waals surface area (Å²) in [6.45, 7) is 2.09. The Labute approximate surface area is 250 Å². The third-order valence-electron chi connectivity index (χ3n) is 8.46. The number of nitriles is 1. The summed E-state index contributed by atoms with van der Waals surface area (Å²) >= 11 is 0. The number of H-pyrrole nitrogens is 1. The number of hydrogen-bond acceptors (Lipinski definition) is 9. The van der Waals surface area contributed by atoms with Gasteiger partial charge in [0.15, 0.2) is 0 Å². The summed E-state index contributed by atoms with van der Waals surface area (Å²) in [5.41, 5.74) is 0.339. The standard InChI is InChI=1S/C29H31F3N10O2/c30-29(31,32)27-38-22(14-23(39-27)28(44)6-3-7-28)26(43)41-12-10-40(11-13-41)20(4-1-2-8-33)17-42-16-19(15-37-42)24-21-5-9-34-25(21)36-18-35-24/h5,9,14-16,18,20,44H,1-4,6-7,10-13,17H2,(H,34,35,36)/t20-/m0/s1. The van der Waals surface area contributed by atoms with Crippen molar-refractivity contribution in [3.63, 3.8) is 0 Å². The number of hydrogen-bond donors (Lipinski definition) is 2. The molecular weight excluding hydrogens is 577 g/mol. The zero-order valence-corrected chi connectivity index (χ0v) is 23.8. The van der Waals surface area contributed by atoms with E-state index in [2.05, 4.69) is 41.0 Å². The van der Waals surface area contributed by atoms with Gasteiger partial charge in [0.05, 0.1) is 30.2 Å². The minimum Gasteiger partial charge on any atom is -0.384 e. The van der Waals surface area contributed by atoms with Crippen LogP contribution in [0.5, 0.6) is 0 Å². The van der Waals surface area contributed by atoms with Gasteiger partial charge in [0, 0.05) is 62.0 Å². The van der Waals surface area contributed by atoms with Gasteiger partial charge in [0.2, 0.25) is 5.82 Å². The summed E-state index contributed by atoms with van der Waals surface area (Å²) in [6.07, 6.45) is 5.20. The number of fused-ring (bicyclic) bond motifs is 1. The van der Waals surface area contributed by atoms with Crippen LogP contribution < -0.4 is 0 Å². The van der Waals surface area contributed by atoms with Crippen molar-refractivity contribution >= 4 is 16.9 Å². The molecule has 6 rings (SSSR count). The first kappa shape index (κ1) is 29.6. The van der Waals surface area contributed by atoms with E-state index in [-0.39, 0.29) is 43.4 Å². The molecule has 1 aliphatic carbocycles. The third-order valence-corrected chi connectivity index (χ3v) is 8.46. The van der Waals surface area contributed by atoms with E-state index in [0.717, 1.165) is 28.7 Å². The van der Waals surface area contributed by atoms with Gasteiger partial charge in [-0.05, 0) is 44.2 Å². The quantitative estimate of drug-likeness (QED) is 0.272. The SMILES string of the molecule is N#CCCC[C@@H](Cn1cc(-c2ncnc3[nH]ccc23)cn1)N1CCN(C(=O)c2cc(C3(O)CCC3)nc(C(F)(F)F)n2)CC1. The number of nitrogens with one attached hydrogen (secondary N) is 1. The highest BCUT2D eigenvalue weighted by molar-refractivity contribution is 5.92. The smallest absolute Gasteiger partial charge is 0.384 e. The molecule has 4 aromatic rings. The second-order valence-electron chi connectivity index (χ2n) is 11.3. The molecule has 0 spiro atoms. The highest BCUT2D eigenvalue weighted by Gasteiger charge is 2.42. The van der Waals surface area contributed by atoms with Gasteiger partial charge in [0.1, 0.15) is 23.3 Å². The molecule has 1 amide bonds. The number of carbonyl (C=O) groups is 1. The molecule has 2 fully saturated rings. The summed E-state index contributed by atoms with van der Waals surface area (Å²) in [5.74, 6) is -2.05. The number of piperazine rings is 1. The van der Waals surface area contributed by atoms with E-state index < -0.39 is 23.5 Å². The van der Waals surface area contributed by atoms with Crippen molar-refractivity contribution in [3.8, 4) is 17.3 Å². The number of carbonyl (C=O) groups excluding carboxylic acids is 1. The van der Waals surface area contributed by atoms with Crippen molar-refractivity contribution in [2.45, 2.75) is 62.9 Å². The Kier molecular flexibility index (Phi) is 8.04. The Balaban J connectivity index is 1.15. The monoisotopic (exact) mass is 608 g/mol. The van der Waals surface area contributed by atoms with Crippen LogP contribution in [0.25, 0.3) is 22.3 Å². The first-order valence-corrected chi connectivity index (χ1v) is 14.5. The molecule has 0 aromatic carbocycles. The number of aromatic nitrogens is 7. The van der Waals surface area contributed by atoms with Gasteiger partial charge in [-0.3, -0.25) is 14.4 Å². The van der Waals surface area contributed by atoms with Gasteiger partial charge >= 0.3 is 6.18 Å². The summed E-state index contributed by atoms with van der Waals surface area (Å²) in [7, 11) is 0. The molecule has 230 valence electrons. The number of halogens is 3. The van der Waals surface area contributed by atoms with Crippen molar-refractivity contribution in [2.24, 2.45) is 0 Å². The molecule has 0 radical (unpaired) electrons. The first-order chi connectivity index (χ1) is 21.1. The van der Waals surface area contributed by atoms with Crippen molar-refractivity contribution in [3.05, 3.63) is 54.3 Å². The first-order valence-electron chi connectivity index (χ1n) is 14.5. The minimum atomic E-state index is -4.85. The summed E-state index contributed by atoms with van der Waals surface area (Å²) in [5, 5.41) is 25.2. The maximum absolute atomic E-state index is 13.6. The van der Waals surface area contributed by atoms with Crippen LogP contribution in [-0.2, 0) is 18.3 Å². The number of nitrogens with zero attached hydrogens (tertiary/aromatic N) is 9. The molecule has 5 heterocycles. The third kappa shape index (κ3) is 6.00. The lowest BCUT2D eigenvalue weighted by molar-refractivity contribution is -0.145. The molecule has 1 saturated carbocycles. The second kappa shape index (κ2) is 11.9. The van der Waals surface area contributed by atoms with Gasteiger partial charge in [-0.1, -0.05) is 0 Å². The van der Waals surface area contributed by atoms with E-state index in [1.165, 1.54) is 17.3 Å². The van der Waals surface area contributed by atoms with Crippen molar-refractivity contribution in [2.75, 3.05) is 26.2 Å². The molecule has 0 unspecified atom stereocenters. The fourth-order valence-corrected chi connectivity index (χ4v) is 5.85. The Morgan fingerprint density at radius 1 is 1.18 bits per heavy atom. The van der Waals surface area contributed by atoms with Crippen LogP contribution in [-0.4, -0.2) is 87.7 Å². The maximum Gasteiger partial charge on any atom is 0.451 e. The van der Waals surface area contributed by atoms with E-state index in [0.29, 0.717) is 38.9 Å². The number of unbranched alkanes of at least 4 members (excludes halogenated alkanes) is 1. The van der Waals surface area contributed by atoms with Gasteiger partial charge in [0.25, 0.3) is 5.91 Å². The maximum atomic E-state index is 13.6. The predicted molar refractivity (Wildman–Crippen MR) is 151 cm³/mol. The van der Waals surface area contributed by atoms with Crippen molar-refractivity contribution in [1.82, 2.24) is 44.5 Å². The normalized spacial score (nSPS) is 17.8. The molecule has 12 nitrogen and oxygen atoms in total. The van der Waals surface area contributed by atoms with Crippen LogP contribution in [0, 0.1) is 11.3 Å². The highest BCUT2D eigenvalue weighted by atomic mass is 19.4. The number of aliphatic hydroxyl groups is 1. The summed E-state index contributed by atoms with van der Waals surface area (Å²) < 4.78 is 42.6. The Morgan fingerprint density at radius 3 is 2.68 bits per heavy atom. The summed E-state index contributed by atoms with van der Waals surface area (Å²) in [6, 6.07) is 5.31. The lowest BCUT2D eigenvalue weighted by Crippen LogP contribution is -2.53. The van der Waals surface area contributed by atoms with Crippen LogP contribution >= 0.6 is 0 Å². The van der Waals surface area contributed by atoms with Gasteiger partial charge in [-0.25, -0.2) is 19.9 Å². The molecule has 2 N–H and O–H groups in total. The van der Waals surface area contributed by atoms with Gasteiger partial charge < -0.3 is 15.0 Å². The number of amides is 1. The minimum absolute atomic E-state index is 0.0152. The van der Waals surface area contributed by atoms with E-state index in [1.807, 2.05) is 16.9 Å². The summed E-state index contributed by atoms with van der Waals surface area (Å²) in [4.78, 5) is 35.9. The highest BCUT2D eigenvalue weighted by Crippen LogP contribution is 2.41. The van der Waals surface area contributed by atoms with Crippen molar-refractivity contribution < 1.29 is 23.1 Å². The number of aromatic amines is 1. The number of alkyl halides is 3. The topological polar surface area (TPSA) is 153 Å². The second-order valence-corrected chi connectivity index (χ2v) is 11.3. The van der Waals surface area contributed by atoms with Crippen LogP contribution in [0.3, 0.4) is 0 Å². The zero-order valence-electron chi connectivity index (χ0n) is 23.8.